The summed E-state index contributed by atoms with van der Waals surface area (Å²) in [7, 11) is 0. The van der Waals surface area contributed by atoms with E-state index in [0.717, 1.165) is 16.9 Å². The van der Waals surface area contributed by atoms with E-state index in [4.69, 9.17) is 15.9 Å². The van der Waals surface area contributed by atoms with Gasteiger partial charge in [0.1, 0.15) is 29.9 Å². The zero-order chi connectivity index (χ0) is 30.3. The molecule has 1 aromatic carbocycles. The van der Waals surface area contributed by atoms with Gasteiger partial charge < -0.3 is 36.7 Å². The predicted molar refractivity (Wildman–Crippen MR) is 159 cm³/mol. The highest BCUT2D eigenvalue weighted by Gasteiger charge is 2.40. The van der Waals surface area contributed by atoms with E-state index in [0.29, 0.717) is 17.1 Å². The molecule has 4 aromatic rings. The number of β-lactam (4-membered cyclic amide) rings is 1. The molecule has 0 bridgehead atoms. The number of ether oxygens (including phenoxy) is 1. The number of hydrogen-bond donors (Lipinski definition) is 7. The third-order valence-corrected chi connectivity index (χ3v) is 7.12. The lowest BCUT2D eigenvalue weighted by Crippen LogP contribution is -2.71. The molecule has 5 rings (SSSR count). The van der Waals surface area contributed by atoms with Crippen LogP contribution in [0.4, 0.5) is 10.9 Å². The normalized spacial score (nSPS) is 15.5. The SMILES string of the molecule is N=C(C(=O)NC1C(=O)NC1CNc1cc(C(=O)NCc2cc(=O)c(OCc3ccccc3)c[nH]2)ccn1)c1csc(N)n1. The number of carbonyl (C=O) groups excluding carboxylic acids is 3. The Morgan fingerprint density at radius 3 is 2.67 bits per heavy atom. The summed E-state index contributed by atoms with van der Waals surface area (Å²) in [5.41, 5.74) is 6.74. The van der Waals surface area contributed by atoms with Crippen molar-refractivity contribution in [2.45, 2.75) is 25.2 Å². The van der Waals surface area contributed by atoms with Crippen molar-refractivity contribution in [1.82, 2.24) is 30.9 Å². The highest BCUT2D eigenvalue weighted by Crippen LogP contribution is 2.14. The van der Waals surface area contributed by atoms with E-state index in [2.05, 4.69) is 36.2 Å². The van der Waals surface area contributed by atoms with Gasteiger partial charge in [0, 0.05) is 41.6 Å². The topological polar surface area (TPSA) is 217 Å². The number of benzene rings is 1. The lowest BCUT2D eigenvalue weighted by atomic mass is 9.98. The van der Waals surface area contributed by atoms with Crippen LogP contribution in [0.2, 0.25) is 0 Å². The maximum absolute atomic E-state index is 12.8. The number of aromatic nitrogens is 3. The van der Waals surface area contributed by atoms with E-state index in [1.807, 2.05) is 30.3 Å². The first-order valence-electron chi connectivity index (χ1n) is 13.0. The van der Waals surface area contributed by atoms with Gasteiger partial charge in [0.05, 0.1) is 12.6 Å². The molecule has 43 heavy (non-hydrogen) atoms. The fraction of sp³-hybridized carbons (Fsp3) is 0.179. The van der Waals surface area contributed by atoms with Crippen LogP contribution in [0.3, 0.4) is 0 Å². The number of nitrogen functional groups attached to an aromatic ring is 1. The molecular weight excluding hydrogens is 574 g/mol. The monoisotopic (exact) mass is 601 g/mol. The van der Waals surface area contributed by atoms with Crippen molar-refractivity contribution in [3.63, 3.8) is 0 Å². The Morgan fingerprint density at radius 2 is 1.95 bits per heavy atom. The van der Waals surface area contributed by atoms with Crippen LogP contribution in [-0.4, -0.2) is 57.0 Å². The van der Waals surface area contributed by atoms with Crippen molar-refractivity contribution in [2.24, 2.45) is 0 Å². The van der Waals surface area contributed by atoms with Gasteiger partial charge in [-0.25, -0.2) is 9.97 Å². The molecule has 3 amide bonds. The van der Waals surface area contributed by atoms with Gasteiger partial charge in [0.25, 0.3) is 11.8 Å². The molecule has 15 heteroatoms. The lowest BCUT2D eigenvalue weighted by Gasteiger charge is -2.37. The standard InChI is InChI=1S/C28H27N9O5S/c29-23(19-14-43-28(30)36-19)26(40)37-24-18(35-27(24)41)11-33-22-8-16(6-7-31-22)25(39)34-10-17-9-20(38)21(12-32-17)42-13-15-4-2-1-3-5-15/h1-9,12,14,18,24,29H,10-11,13H2,(H2,30,36)(H,31,33)(H,32,38)(H,34,39)(H,35,41)(H,37,40). The highest BCUT2D eigenvalue weighted by atomic mass is 32.1. The molecule has 2 unspecified atom stereocenters. The van der Waals surface area contributed by atoms with Gasteiger partial charge >= 0.3 is 0 Å². The predicted octanol–water partition coefficient (Wildman–Crippen LogP) is 0.781. The molecule has 0 radical (unpaired) electrons. The molecule has 1 fully saturated rings. The second-order valence-electron chi connectivity index (χ2n) is 9.47. The second-order valence-corrected chi connectivity index (χ2v) is 10.4. The third-order valence-electron chi connectivity index (χ3n) is 6.44. The van der Waals surface area contributed by atoms with Crippen LogP contribution in [0, 0.1) is 5.41 Å². The van der Waals surface area contributed by atoms with Crippen molar-refractivity contribution in [1.29, 1.82) is 5.41 Å². The zero-order valence-corrected chi connectivity index (χ0v) is 23.4. The molecule has 1 aliphatic rings. The molecule has 4 heterocycles. The summed E-state index contributed by atoms with van der Waals surface area (Å²) < 4.78 is 5.59. The quantitative estimate of drug-likeness (QED) is 0.0900. The smallest absolute Gasteiger partial charge is 0.272 e. The van der Waals surface area contributed by atoms with E-state index >= 15 is 0 Å². The van der Waals surface area contributed by atoms with Gasteiger partial charge in [-0.2, -0.15) is 0 Å². The number of amides is 3. The fourth-order valence-corrected chi connectivity index (χ4v) is 4.67. The zero-order valence-electron chi connectivity index (χ0n) is 22.5. The summed E-state index contributed by atoms with van der Waals surface area (Å²) in [6.07, 6.45) is 2.92. The van der Waals surface area contributed by atoms with Crippen LogP contribution < -0.4 is 37.2 Å². The number of rotatable bonds is 12. The molecular formula is C28H27N9O5S. The molecule has 3 aromatic heterocycles. The van der Waals surface area contributed by atoms with Crippen molar-refractivity contribution in [3.8, 4) is 5.75 Å². The van der Waals surface area contributed by atoms with Gasteiger partial charge in [-0.1, -0.05) is 30.3 Å². The first-order valence-corrected chi connectivity index (χ1v) is 13.9. The average molecular weight is 602 g/mol. The highest BCUT2D eigenvalue weighted by molar-refractivity contribution is 7.13. The fourth-order valence-electron chi connectivity index (χ4n) is 4.12. The number of nitrogens with two attached hydrogens (primary N) is 1. The van der Waals surface area contributed by atoms with Crippen LogP contribution in [0.25, 0.3) is 0 Å². The van der Waals surface area contributed by atoms with Crippen LogP contribution in [-0.2, 0) is 22.7 Å². The number of pyridine rings is 2. The first-order chi connectivity index (χ1) is 20.8. The van der Waals surface area contributed by atoms with E-state index in [1.165, 1.54) is 36.0 Å². The summed E-state index contributed by atoms with van der Waals surface area (Å²) in [4.78, 5) is 60.8. The van der Waals surface area contributed by atoms with Crippen molar-refractivity contribution in [2.75, 3.05) is 17.6 Å². The molecule has 0 aliphatic carbocycles. The van der Waals surface area contributed by atoms with E-state index in [-0.39, 0.29) is 53.5 Å². The number of nitrogens with one attached hydrogen (secondary N) is 6. The lowest BCUT2D eigenvalue weighted by molar-refractivity contribution is -0.134. The van der Waals surface area contributed by atoms with Crippen molar-refractivity contribution >= 4 is 45.7 Å². The Kier molecular flexibility index (Phi) is 8.71. The summed E-state index contributed by atoms with van der Waals surface area (Å²) in [6.45, 7) is 0.538. The minimum Gasteiger partial charge on any atom is -0.483 e. The number of aromatic amines is 1. The molecule has 8 N–H and O–H groups in total. The van der Waals surface area contributed by atoms with Crippen LogP contribution in [0.1, 0.15) is 27.3 Å². The van der Waals surface area contributed by atoms with Crippen molar-refractivity contribution in [3.05, 3.63) is 99.0 Å². The van der Waals surface area contributed by atoms with Crippen LogP contribution in [0.15, 0.2) is 71.1 Å². The maximum Gasteiger partial charge on any atom is 0.272 e. The van der Waals surface area contributed by atoms with Gasteiger partial charge in [-0.05, 0) is 17.7 Å². The van der Waals surface area contributed by atoms with Gasteiger partial charge in [-0.3, -0.25) is 24.6 Å². The number of thiazole rings is 1. The summed E-state index contributed by atoms with van der Waals surface area (Å²) >= 11 is 1.10. The second kappa shape index (κ2) is 12.9. The number of H-pyrrole nitrogens is 1. The average Bonchev–Trinajstić information content (AvgIpc) is 3.46. The Morgan fingerprint density at radius 1 is 1.14 bits per heavy atom. The Hall–Kier alpha value is -5.57. The van der Waals surface area contributed by atoms with E-state index in [1.54, 1.807) is 0 Å². The third kappa shape index (κ3) is 7.20. The molecule has 220 valence electrons. The Balaban J connectivity index is 1.10. The van der Waals surface area contributed by atoms with Crippen LogP contribution >= 0.6 is 11.3 Å². The molecule has 2 atom stereocenters. The first kappa shape index (κ1) is 28.9. The van der Waals surface area contributed by atoms with Crippen molar-refractivity contribution < 1.29 is 19.1 Å². The van der Waals surface area contributed by atoms with Gasteiger partial charge in [0.15, 0.2) is 10.9 Å². The minimum absolute atomic E-state index is 0.0795. The van der Waals surface area contributed by atoms with E-state index < -0.39 is 23.7 Å². The molecule has 0 spiro atoms. The van der Waals surface area contributed by atoms with Gasteiger partial charge in [-0.15, -0.1) is 11.3 Å². The Bertz CT molecular complexity index is 1720. The number of anilines is 2. The number of nitrogens with zero attached hydrogens (tertiary/aromatic N) is 2. The van der Waals surface area contributed by atoms with E-state index in [9.17, 15) is 19.2 Å². The Labute approximate surface area is 248 Å². The largest absolute Gasteiger partial charge is 0.483 e. The maximum atomic E-state index is 12.8. The number of hydrogen-bond acceptors (Lipinski definition) is 11. The summed E-state index contributed by atoms with van der Waals surface area (Å²) in [5, 5.41) is 20.7. The molecule has 0 saturated carbocycles. The van der Waals surface area contributed by atoms with Gasteiger partial charge in [0.2, 0.25) is 11.3 Å². The molecule has 1 saturated heterocycles. The molecule has 14 nitrogen and oxygen atoms in total. The summed E-state index contributed by atoms with van der Waals surface area (Å²) in [6, 6.07) is 12.6. The summed E-state index contributed by atoms with van der Waals surface area (Å²) in [5.74, 6) is -0.976. The number of carbonyl (C=O) groups is 3. The molecule has 1 aliphatic heterocycles. The van der Waals surface area contributed by atoms with Crippen LogP contribution in [0.5, 0.6) is 5.75 Å². The minimum atomic E-state index is -0.861.